The van der Waals surface area contributed by atoms with Crippen molar-refractivity contribution in [2.45, 2.75) is 0 Å². The fourth-order valence-corrected chi connectivity index (χ4v) is 2.37. The smallest absolute Gasteiger partial charge is 0.336 e. The molecule has 104 valence electrons. The van der Waals surface area contributed by atoms with E-state index in [1.165, 1.54) is 0 Å². The molecule has 0 saturated heterocycles. The minimum Gasteiger partial charge on any atom is -0.478 e. The average Bonchev–Trinajstić information content (AvgIpc) is 2.87. The number of nitrogens with one attached hydrogen (secondary N) is 1. The first-order chi connectivity index (χ1) is 10.1. The van der Waals surface area contributed by atoms with Crippen LogP contribution in [0.1, 0.15) is 11.1 Å². The van der Waals surface area contributed by atoms with E-state index in [4.69, 9.17) is 11.6 Å². The fraction of sp³-hybridized carbons (Fsp3) is 0. The number of hydrogen-bond donors (Lipinski definition) is 2. The van der Waals surface area contributed by atoms with Crippen molar-refractivity contribution in [2.75, 3.05) is 0 Å². The molecular weight excluding hydrogens is 288 g/mol. The highest BCUT2D eigenvalue weighted by atomic mass is 35.5. The van der Waals surface area contributed by atoms with E-state index in [9.17, 15) is 9.90 Å². The van der Waals surface area contributed by atoms with Gasteiger partial charge in [0.15, 0.2) is 0 Å². The summed E-state index contributed by atoms with van der Waals surface area (Å²) in [6.45, 7) is 0. The maximum Gasteiger partial charge on any atom is 0.336 e. The van der Waals surface area contributed by atoms with E-state index in [1.807, 2.05) is 12.1 Å². The van der Waals surface area contributed by atoms with E-state index in [2.05, 4.69) is 9.97 Å². The number of aromatic nitrogens is 2. The highest BCUT2D eigenvalue weighted by Gasteiger charge is 2.12. The second-order valence-electron chi connectivity index (χ2n) is 4.52. The first-order valence-electron chi connectivity index (χ1n) is 6.28. The van der Waals surface area contributed by atoms with E-state index in [0.717, 1.165) is 16.6 Å². The summed E-state index contributed by atoms with van der Waals surface area (Å²) in [5.74, 6) is -1.00. The van der Waals surface area contributed by atoms with Crippen molar-refractivity contribution in [2.24, 2.45) is 0 Å². The zero-order valence-electron chi connectivity index (χ0n) is 10.9. The number of rotatable bonds is 3. The molecule has 0 aliphatic heterocycles. The Morgan fingerprint density at radius 2 is 2.14 bits per heavy atom. The summed E-state index contributed by atoms with van der Waals surface area (Å²) >= 11 is 5.93. The lowest BCUT2D eigenvalue weighted by Gasteiger charge is -2.03. The third-order valence-corrected chi connectivity index (χ3v) is 3.38. The minimum absolute atomic E-state index is 0.183. The van der Waals surface area contributed by atoms with Crippen molar-refractivity contribution in [1.29, 1.82) is 0 Å². The molecule has 0 aliphatic carbocycles. The molecule has 4 nitrogen and oxygen atoms in total. The Hall–Kier alpha value is -2.59. The summed E-state index contributed by atoms with van der Waals surface area (Å²) in [6, 6.07) is 10.5. The molecule has 2 heterocycles. The summed E-state index contributed by atoms with van der Waals surface area (Å²) < 4.78 is 0. The van der Waals surface area contributed by atoms with Gasteiger partial charge in [-0.2, -0.15) is 0 Å². The largest absolute Gasteiger partial charge is 0.478 e. The van der Waals surface area contributed by atoms with Gasteiger partial charge in [0, 0.05) is 28.4 Å². The van der Waals surface area contributed by atoms with Gasteiger partial charge >= 0.3 is 5.97 Å². The summed E-state index contributed by atoms with van der Waals surface area (Å²) in [4.78, 5) is 18.7. The van der Waals surface area contributed by atoms with Crippen molar-refractivity contribution in [3.05, 3.63) is 64.9 Å². The van der Waals surface area contributed by atoms with Crippen molar-refractivity contribution < 1.29 is 9.90 Å². The standard InChI is InChI=1S/C16H11ClN2O2/c17-12-4-1-3-10(7-12)14(16(20)21)8-11-9-19-15-13(11)5-2-6-18-15/h1-9H,(H,18,19)(H,20,21)/b14-8-. The number of carboxylic acids is 1. The molecule has 0 radical (unpaired) electrons. The third kappa shape index (κ3) is 2.66. The number of carboxylic acid groups (broad SMARTS) is 1. The van der Waals surface area contributed by atoms with Crippen molar-refractivity contribution in [3.8, 4) is 0 Å². The number of aromatic amines is 1. The SMILES string of the molecule is O=C(O)/C(=C\c1c[nH]c2ncccc12)c1cccc(Cl)c1. The highest BCUT2D eigenvalue weighted by molar-refractivity contribution is 6.31. The monoisotopic (exact) mass is 298 g/mol. The number of aliphatic carboxylic acids is 1. The zero-order chi connectivity index (χ0) is 14.8. The van der Waals surface area contributed by atoms with Gasteiger partial charge < -0.3 is 10.1 Å². The number of carbonyl (C=O) groups is 1. The van der Waals surface area contributed by atoms with Crippen LogP contribution in [0.15, 0.2) is 48.8 Å². The van der Waals surface area contributed by atoms with Gasteiger partial charge in [-0.15, -0.1) is 0 Å². The summed E-state index contributed by atoms with van der Waals surface area (Å²) in [7, 11) is 0. The molecule has 0 unspecified atom stereocenters. The lowest BCUT2D eigenvalue weighted by Crippen LogP contribution is -1.99. The molecule has 5 heteroatoms. The highest BCUT2D eigenvalue weighted by Crippen LogP contribution is 2.25. The van der Waals surface area contributed by atoms with Crippen molar-refractivity contribution in [3.63, 3.8) is 0 Å². The summed E-state index contributed by atoms with van der Waals surface area (Å²) in [6.07, 6.45) is 5.04. The Morgan fingerprint density at radius 1 is 1.29 bits per heavy atom. The molecule has 0 atom stereocenters. The summed E-state index contributed by atoms with van der Waals surface area (Å²) in [5.41, 5.74) is 2.24. The van der Waals surface area contributed by atoms with Crippen molar-refractivity contribution >= 4 is 40.3 Å². The van der Waals surface area contributed by atoms with E-state index < -0.39 is 5.97 Å². The number of benzene rings is 1. The van der Waals surface area contributed by atoms with Gasteiger partial charge in [-0.3, -0.25) is 0 Å². The van der Waals surface area contributed by atoms with Crippen LogP contribution in [0.5, 0.6) is 0 Å². The van der Waals surface area contributed by atoms with Gasteiger partial charge in [-0.1, -0.05) is 23.7 Å². The van der Waals surface area contributed by atoms with Crippen LogP contribution in [-0.2, 0) is 4.79 Å². The maximum absolute atomic E-state index is 11.5. The molecule has 0 bridgehead atoms. The molecule has 2 N–H and O–H groups in total. The number of pyridine rings is 1. The second-order valence-corrected chi connectivity index (χ2v) is 4.95. The third-order valence-electron chi connectivity index (χ3n) is 3.15. The number of nitrogens with zero attached hydrogens (tertiary/aromatic N) is 1. The molecular formula is C16H11ClN2O2. The quantitative estimate of drug-likeness (QED) is 0.722. The Morgan fingerprint density at radius 3 is 2.90 bits per heavy atom. The number of halogens is 1. The predicted molar refractivity (Wildman–Crippen MR) is 83.1 cm³/mol. The molecule has 0 amide bonds. The Labute approximate surface area is 125 Å². The van der Waals surface area contributed by atoms with Crippen molar-refractivity contribution in [1.82, 2.24) is 9.97 Å². The molecule has 21 heavy (non-hydrogen) atoms. The van der Waals surface area contributed by atoms with Crippen LogP contribution in [0.3, 0.4) is 0 Å². The van der Waals surface area contributed by atoms with Gasteiger partial charge in [-0.25, -0.2) is 9.78 Å². The average molecular weight is 299 g/mol. The predicted octanol–water partition coefficient (Wildman–Crippen LogP) is 3.84. The van der Waals surface area contributed by atoms with Crippen LogP contribution in [0.2, 0.25) is 5.02 Å². The van der Waals surface area contributed by atoms with Gasteiger partial charge in [0.2, 0.25) is 0 Å². The first-order valence-corrected chi connectivity index (χ1v) is 6.66. The van der Waals surface area contributed by atoms with Gasteiger partial charge in [0.1, 0.15) is 5.65 Å². The zero-order valence-corrected chi connectivity index (χ0v) is 11.6. The topological polar surface area (TPSA) is 66.0 Å². The van der Waals surface area contributed by atoms with Crippen LogP contribution in [0.4, 0.5) is 0 Å². The molecule has 0 saturated carbocycles. The fourth-order valence-electron chi connectivity index (χ4n) is 2.18. The van der Waals surface area contributed by atoms with Gasteiger partial charge in [0.25, 0.3) is 0 Å². The minimum atomic E-state index is -1.00. The lowest BCUT2D eigenvalue weighted by molar-refractivity contribution is -0.130. The molecule has 3 aromatic rings. The van der Waals surface area contributed by atoms with E-state index in [-0.39, 0.29) is 5.57 Å². The first kappa shape index (κ1) is 13.4. The van der Waals surface area contributed by atoms with E-state index in [0.29, 0.717) is 10.6 Å². The lowest BCUT2D eigenvalue weighted by atomic mass is 10.0. The normalized spacial score (nSPS) is 11.8. The van der Waals surface area contributed by atoms with E-state index in [1.54, 1.807) is 42.7 Å². The van der Waals surface area contributed by atoms with Crippen LogP contribution in [-0.4, -0.2) is 21.0 Å². The number of fused-ring (bicyclic) bond motifs is 1. The number of hydrogen-bond acceptors (Lipinski definition) is 2. The molecule has 0 aliphatic rings. The van der Waals surface area contributed by atoms with Gasteiger partial charge in [-0.05, 0) is 35.9 Å². The summed E-state index contributed by atoms with van der Waals surface area (Å²) in [5, 5.41) is 10.8. The van der Waals surface area contributed by atoms with Crippen LogP contribution >= 0.6 is 11.6 Å². The van der Waals surface area contributed by atoms with Crippen LogP contribution in [0, 0.1) is 0 Å². The van der Waals surface area contributed by atoms with E-state index >= 15 is 0 Å². The Bertz CT molecular complexity index is 852. The van der Waals surface area contributed by atoms with Gasteiger partial charge in [0.05, 0.1) is 5.57 Å². The molecule has 0 spiro atoms. The van der Waals surface area contributed by atoms with Crippen LogP contribution in [0.25, 0.3) is 22.7 Å². The number of H-pyrrole nitrogens is 1. The molecule has 0 fully saturated rings. The molecule has 3 rings (SSSR count). The Kier molecular flexibility index (Phi) is 3.46. The molecule has 2 aromatic heterocycles. The van der Waals surface area contributed by atoms with Crippen LogP contribution < -0.4 is 0 Å². The maximum atomic E-state index is 11.5. The second kappa shape index (κ2) is 5.42. The Balaban J connectivity index is 2.15. The molecule has 1 aromatic carbocycles.